The molecule has 2 heterocycles. The number of sulfonamides is 1. The first kappa shape index (κ1) is 22.5. The van der Waals surface area contributed by atoms with Crippen LogP contribution in [0.25, 0.3) is 0 Å². The highest BCUT2D eigenvalue weighted by Gasteiger charge is 2.32. The first-order valence-corrected chi connectivity index (χ1v) is 12.3. The largest absolute Gasteiger partial charge is 0.352 e. The summed E-state index contributed by atoms with van der Waals surface area (Å²) in [5, 5.41) is 7.27. The van der Waals surface area contributed by atoms with Crippen LogP contribution in [0.5, 0.6) is 0 Å². The average Bonchev–Trinajstić information content (AvgIpc) is 3.39. The summed E-state index contributed by atoms with van der Waals surface area (Å²) in [6.45, 7) is 7.39. The Labute approximate surface area is 181 Å². The molecule has 0 atom stereocenters. The van der Waals surface area contributed by atoms with E-state index in [2.05, 4.69) is 10.6 Å². The first-order valence-electron chi connectivity index (χ1n) is 9.98. The van der Waals surface area contributed by atoms with Crippen molar-refractivity contribution in [2.45, 2.75) is 38.5 Å². The van der Waals surface area contributed by atoms with Crippen LogP contribution < -0.4 is 10.6 Å². The van der Waals surface area contributed by atoms with Gasteiger partial charge in [0.15, 0.2) is 0 Å². The molecular weight excluding hydrogens is 422 g/mol. The van der Waals surface area contributed by atoms with E-state index in [1.54, 1.807) is 30.5 Å². The normalized spacial score (nSPS) is 14.8. The van der Waals surface area contributed by atoms with Gasteiger partial charge in [0.1, 0.15) is 9.77 Å². The van der Waals surface area contributed by atoms with Gasteiger partial charge in [0.2, 0.25) is 10.0 Å². The molecule has 1 aliphatic rings. The molecule has 2 amide bonds. The van der Waals surface area contributed by atoms with Crippen LogP contribution in [0, 0.1) is 12.8 Å². The van der Waals surface area contributed by atoms with E-state index in [0.717, 1.165) is 29.7 Å². The summed E-state index contributed by atoms with van der Waals surface area (Å²) in [5.41, 5.74) is 1.78. The smallest absolute Gasteiger partial charge is 0.267 e. The molecular formula is C21H27N3O4S2. The molecule has 0 spiro atoms. The number of nitrogens with one attached hydrogen (secondary N) is 2. The van der Waals surface area contributed by atoms with Crippen LogP contribution in [0.15, 0.2) is 34.5 Å². The number of hydrogen-bond acceptors (Lipinski definition) is 5. The second-order valence-corrected chi connectivity index (χ2v) is 10.6. The van der Waals surface area contributed by atoms with Crippen molar-refractivity contribution in [3.63, 3.8) is 0 Å². The predicted octanol–water partition coefficient (Wildman–Crippen LogP) is 3.48. The van der Waals surface area contributed by atoms with E-state index in [1.165, 1.54) is 10.4 Å². The topological polar surface area (TPSA) is 95.6 Å². The maximum Gasteiger partial charge on any atom is 0.267 e. The third-order valence-corrected chi connectivity index (χ3v) is 7.91. The lowest BCUT2D eigenvalue weighted by atomic mass is 10.1. The van der Waals surface area contributed by atoms with Gasteiger partial charge < -0.3 is 10.6 Å². The Balaban J connectivity index is 1.76. The van der Waals surface area contributed by atoms with Gasteiger partial charge in [0.05, 0.1) is 0 Å². The minimum Gasteiger partial charge on any atom is -0.352 e. The van der Waals surface area contributed by atoms with E-state index < -0.39 is 15.9 Å². The maximum atomic E-state index is 12.9. The Hall–Kier alpha value is -2.23. The Morgan fingerprint density at radius 1 is 1.13 bits per heavy atom. The summed E-state index contributed by atoms with van der Waals surface area (Å²) in [4.78, 5) is 25.3. The third-order valence-electron chi connectivity index (χ3n) is 4.93. The number of aryl methyl sites for hydroxylation is 1. The van der Waals surface area contributed by atoms with Crippen LogP contribution in [0.1, 0.15) is 52.3 Å². The molecule has 0 radical (unpaired) electrons. The molecule has 1 aliphatic heterocycles. The van der Waals surface area contributed by atoms with Crippen molar-refractivity contribution < 1.29 is 18.0 Å². The highest BCUT2D eigenvalue weighted by Crippen LogP contribution is 2.29. The quantitative estimate of drug-likeness (QED) is 0.676. The van der Waals surface area contributed by atoms with Gasteiger partial charge in [-0.1, -0.05) is 13.8 Å². The number of hydrogen-bond donors (Lipinski definition) is 2. The molecule has 2 aromatic rings. The number of amides is 2. The monoisotopic (exact) mass is 449 g/mol. The molecule has 1 saturated heterocycles. The lowest BCUT2D eigenvalue weighted by Crippen LogP contribution is -2.29. The van der Waals surface area contributed by atoms with E-state index >= 15 is 0 Å². The summed E-state index contributed by atoms with van der Waals surface area (Å²) < 4.78 is 27.2. The van der Waals surface area contributed by atoms with E-state index in [0.29, 0.717) is 36.8 Å². The highest BCUT2D eigenvalue weighted by molar-refractivity contribution is 7.89. The predicted molar refractivity (Wildman–Crippen MR) is 119 cm³/mol. The fourth-order valence-electron chi connectivity index (χ4n) is 3.26. The summed E-state index contributed by atoms with van der Waals surface area (Å²) in [5.74, 6) is -0.282. The molecule has 7 nitrogen and oxygen atoms in total. The van der Waals surface area contributed by atoms with Crippen molar-refractivity contribution in [2.24, 2.45) is 5.92 Å². The average molecular weight is 450 g/mol. The molecule has 0 bridgehead atoms. The van der Waals surface area contributed by atoms with E-state index in [9.17, 15) is 18.0 Å². The van der Waals surface area contributed by atoms with Gasteiger partial charge in [-0.25, -0.2) is 8.42 Å². The minimum absolute atomic E-state index is 0.0502. The van der Waals surface area contributed by atoms with Crippen LogP contribution in [-0.4, -0.2) is 44.2 Å². The molecule has 2 N–H and O–H groups in total. The Kier molecular flexibility index (Phi) is 6.95. The lowest BCUT2D eigenvalue weighted by molar-refractivity contribution is 0.0948. The van der Waals surface area contributed by atoms with E-state index in [4.69, 9.17) is 0 Å². The van der Waals surface area contributed by atoms with Crippen LogP contribution >= 0.6 is 11.3 Å². The molecule has 0 unspecified atom stereocenters. The van der Waals surface area contributed by atoms with Crippen LogP contribution in [0.2, 0.25) is 0 Å². The summed E-state index contributed by atoms with van der Waals surface area (Å²) in [7, 11) is -3.67. The fraction of sp³-hybridized carbons (Fsp3) is 0.429. The summed E-state index contributed by atoms with van der Waals surface area (Å²) in [6, 6.07) is 6.51. The minimum atomic E-state index is -3.67. The SMILES string of the molecule is Cc1cc(C(=O)NCC(C)C)ccc1NC(=O)c1sccc1S(=O)(=O)N1CCCC1. The molecule has 0 saturated carbocycles. The van der Waals surface area contributed by atoms with Crippen molar-refractivity contribution >= 4 is 38.9 Å². The van der Waals surface area contributed by atoms with Crippen LogP contribution in [0.4, 0.5) is 5.69 Å². The summed E-state index contributed by atoms with van der Waals surface area (Å²) in [6.07, 6.45) is 1.67. The van der Waals surface area contributed by atoms with Gasteiger partial charge in [0.25, 0.3) is 11.8 Å². The second kappa shape index (κ2) is 9.28. The second-order valence-electron chi connectivity index (χ2n) is 7.81. The molecule has 30 heavy (non-hydrogen) atoms. The number of thiophene rings is 1. The molecule has 1 aromatic heterocycles. The number of benzene rings is 1. The number of nitrogens with zero attached hydrogens (tertiary/aromatic N) is 1. The number of anilines is 1. The number of carbonyl (C=O) groups excluding carboxylic acids is 2. The zero-order chi connectivity index (χ0) is 21.9. The Morgan fingerprint density at radius 3 is 2.47 bits per heavy atom. The molecule has 0 aliphatic carbocycles. The highest BCUT2D eigenvalue weighted by atomic mass is 32.2. The molecule has 9 heteroatoms. The van der Waals surface area contributed by atoms with Gasteiger partial charge >= 0.3 is 0 Å². The number of carbonyl (C=O) groups is 2. The Morgan fingerprint density at radius 2 is 1.83 bits per heavy atom. The fourth-order valence-corrected chi connectivity index (χ4v) is 6.07. The van der Waals surface area contributed by atoms with E-state index in [-0.39, 0.29) is 15.7 Å². The van der Waals surface area contributed by atoms with Gasteiger partial charge in [-0.05, 0) is 60.9 Å². The first-order chi connectivity index (χ1) is 14.2. The zero-order valence-electron chi connectivity index (χ0n) is 17.4. The van der Waals surface area contributed by atoms with E-state index in [1.807, 2.05) is 13.8 Å². The van der Waals surface area contributed by atoms with Gasteiger partial charge in [-0.15, -0.1) is 11.3 Å². The number of rotatable bonds is 7. The van der Waals surface area contributed by atoms with Crippen molar-refractivity contribution in [3.8, 4) is 0 Å². The lowest BCUT2D eigenvalue weighted by Gasteiger charge is -2.16. The molecule has 162 valence electrons. The van der Waals surface area contributed by atoms with Crippen molar-refractivity contribution in [2.75, 3.05) is 25.0 Å². The van der Waals surface area contributed by atoms with Gasteiger partial charge in [-0.3, -0.25) is 9.59 Å². The standard InChI is InChI=1S/C21H27N3O4S2/c1-14(2)13-22-20(25)16-6-7-17(15(3)12-16)23-21(26)19-18(8-11-29-19)30(27,28)24-9-4-5-10-24/h6-8,11-12,14H,4-5,9-10,13H2,1-3H3,(H,22,25)(H,23,26). The van der Waals surface area contributed by atoms with Crippen molar-refractivity contribution in [3.05, 3.63) is 45.6 Å². The molecule has 1 aromatic carbocycles. The van der Waals surface area contributed by atoms with Gasteiger partial charge in [-0.2, -0.15) is 4.31 Å². The summed E-state index contributed by atoms with van der Waals surface area (Å²) >= 11 is 1.10. The van der Waals surface area contributed by atoms with Crippen LogP contribution in [-0.2, 0) is 10.0 Å². The third kappa shape index (κ3) is 4.91. The molecule has 3 rings (SSSR count). The van der Waals surface area contributed by atoms with Crippen molar-refractivity contribution in [1.29, 1.82) is 0 Å². The zero-order valence-corrected chi connectivity index (χ0v) is 19.0. The van der Waals surface area contributed by atoms with Crippen molar-refractivity contribution in [1.82, 2.24) is 9.62 Å². The Bertz CT molecular complexity index is 1040. The maximum absolute atomic E-state index is 12.9. The van der Waals surface area contributed by atoms with Crippen LogP contribution in [0.3, 0.4) is 0 Å². The molecule has 1 fully saturated rings. The van der Waals surface area contributed by atoms with Gasteiger partial charge in [0, 0.05) is 30.9 Å².